The Labute approximate surface area is 95.6 Å². The number of amidine groups is 1. The van der Waals surface area contributed by atoms with Gasteiger partial charge in [-0.05, 0) is 24.6 Å². The minimum absolute atomic E-state index is 0.234. The summed E-state index contributed by atoms with van der Waals surface area (Å²) in [7, 11) is 0. The summed E-state index contributed by atoms with van der Waals surface area (Å²) >= 11 is 0. The summed E-state index contributed by atoms with van der Waals surface area (Å²) in [5.74, 6) is 0.234. The molecule has 5 heteroatoms. The lowest BCUT2D eigenvalue weighted by Crippen LogP contribution is -2.34. The van der Waals surface area contributed by atoms with Crippen molar-refractivity contribution in [2.45, 2.75) is 19.9 Å². The van der Waals surface area contributed by atoms with Gasteiger partial charge < -0.3 is 10.9 Å². The van der Waals surface area contributed by atoms with E-state index in [1.807, 2.05) is 18.3 Å². The van der Waals surface area contributed by atoms with Gasteiger partial charge in [-0.1, -0.05) is 18.1 Å². The van der Waals surface area contributed by atoms with Crippen molar-refractivity contribution in [3.8, 4) is 0 Å². The van der Waals surface area contributed by atoms with E-state index < -0.39 is 0 Å². The zero-order valence-electron chi connectivity index (χ0n) is 9.50. The molecule has 1 aromatic heterocycles. The highest BCUT2D eigenvalue weighted by molar-refractivity contribution is 5.81. The normalized spacial score (nSPS) is 12.0. The van der Waals surface area contributed by atoms with E-state index in [1.165, 1.54) is 0 Å². The molecule has 0 aliphatic heterocycles. The number of hydrogen-bond donors (Lipinski definition) is 2. The standard InChI is InChI=1S/C11H18N4O/c1-2-6-15(9-11(12)14-16)8-10-4-3-5-13-7-10/h3-5,7,16H,2,6,8-9H2,1H3,(H2,12,14). The molecule has 0 aliphatic carbocycles. The second-order valence-electron chi connectivity index (χ2n) is 3.66. The number of hydrogen-bond acceptors (Lipinski definition) is 4. The third-order valence-electron chi connectivity index (χ3n) is 2.18. The molecule has 0 aliphatic rings. The van der Waals surface area contributed by atoms with Crippen molar-refractivity contribution >= 4 is 5.84 Å². The Bertz CT molecular complexity index is 326. The Morgan fingerprint density at radius 3 is 3.00 bits per heavy atom. The Morgan fingerprint density at radius 2 is 2.44 bits per heavy atom. The van der Waals surface area contributed by atoms with E-state index in [0.29, 0.717) is 6.54 Å². The molecule has 0 unspecified atom stereocenters. The van der Waals surface area contributed by atoms with E-state index in [-0.39, 0.29) is 5.84 Å². The van der Waals surface area contributed by atoms with E-state index in [0.717, 1.165) is 25.1 Å². The first-order chi connectivity index (χ1) is 7.76. The van der Waals surface area contributed by atoms with Gasteiger partial charge in [0.1, 0.15) is 0 Å². The molecule has 0 radical (unpaired) electrons. The van der Waals surface area contributed by atoms with Crippen LogP contribution in [0.25, 0.3) is 0 Å². The van der Waals surface area contributed by atoms with Gasteiger partial charge in [-0.15, -0.1) is 0 Å². The van der Waals surface area contributed by atoms with Crippen LogP contribution in [0.15, 0.2) is 29.7 Å². The highest BCUT2D eigenvalue weighted by atomic mass is 16.4. The lowest BCUT2D eigenvalue weighted by molar-refractivity contribution is 0.285. The lowest BCUT2D eigenvalue weighted by atomic mass is 10.2. The monoisotopic (exact) mass is 222 g/mol. The van der Waals surface area contributed by atoms with Gasteiger partial charge in [0, 0.05) is 18.9 Å². The predicted molar refractivity (Wildman–Crippen MR) is 63.2 cm³/mol. The molecule has 1 rings (SSSR count). The van der Waals surface area contributed by atoms with Gasteiger partial charge in [0.2, 0.25) is 0 Å². The second-order valence-corrected chi connectivity index (χ2v) is 3.66. The zero-order valence-corrected chi connectivity index (χ0v) is 9.50. The molecular weight excluding hydrogens is 204 g/mol. The first-order valence-electron chi connectivity index (χ1n) is 5.34. The average Bonchev–Trinajstić information content (AvgIpc) is 2.30. The SMILES string of the molecule is CCCN(CC(N)=NO)Cc1cccnc1. The minimum atomic E-state index is 0.234. The second kappa shape index (κ2) is 6.79. The van der Waals surface area contributed by atoms with Crippen LogP contribution >= 0.6 is 0 Å². The molecule has 0 amide bonds. The zero-order chi connectivity index (χ0) is 11.8. The Morgan fingerprint density at radius 1 is 1.62 bits per heavy atom. The van der Waals surface area contributed by atoms with Crippen LogP contribution in [0.1, 0.15) is 18.9 Å². The van der Waals surface area contributed by atoms with Gasteiger partial charge in [0.05, 0.1) is 6.54 Å². The average molecular weight is 222 g/mol. The molecule has 5 nitrogen and oxygen atoms in total. The number of nitrogens with zero attached hydrogens (tertiary/aromatic N) is 3. The maximum Gasteiger partial charge on any atom is 0.153 e. The Hall–Kier alpha value is -1.62. The summed E-state index contributed by atoms with van der Waals surface area (Å²) in [6.45, 7) is 4.24. The highest BCUT2D eigenvalue weighted by Crippen LogP contribution is 2.03. The van der Waals surface area contributed by atoms with Crippen molar-refractivity contribution in [3.05, 3.63) is 30.1 Å². The molecule has 0 bridgehead atoms. The van der Waals surface area contributed by atoms with E-state index in [2.05, 4.69) is 22.0 Å². The molecule has 0 fully saturated rings. The van der Waals surface area contributed by atoms with Gasteiger partial charge in [0.15, 0.2) is 5.84 Å². The summed E-state index contributed by atoms with van der Waals surface area (Å²) < 4.78 is 0. The first-order valence-corrected chi connectivity index (χ1v) is 5.34. The fourth-order valence-corrected chi connectivity index (χ4v) is 1.54. The fourth-order valence-electron chi connectivity index (χ4n) is 1.54. The summed E-state index contributed by atoms with van der Waals surface area (Å²) in [6, 6.07) is 3.92. The largest absolute Gasteiger partial charge is 0.409 e. The van der Waals surface area contributed by atoms with Crippen LogP contribution in [0, 0.1) is 0 Å². The van der Waals surface area contributed by atoms with Gasteiger partial charge in [-0.3, -0.25) is 9.88 Å². The molecule has 1 aromatic rings. The molecule has 1 heterocycles. The predicted octanol–water partition coefficient (Wildman–Crippen LogP) is 1.04. The molecule has 3 N–H and O–H groups in total. The van der Waals surface area contributed by atoms with Gasteiger partial charge >= 0.3 is 0 Å². The molecule has 88 valence electrons. The Kier molecular flexibility index (Phi) is 5.28. The maximum absolute atomic E-state index is 8.54. The number of aromatic nitrogens is 1. The molecule has 0 spiro atoms. The van der Waals surface area contributed by atoms with Gasteiger partial charge in [0.25, 0.3) is 0 Å². The van der Waals surface area contributed by atoms with E-state index in [1.54, 1.807) is 6.20 Å². The number of pyridine rings is 1. The molecule has 0 atom stereocenters. The number of nitrogens with two attached hydrogens (primary N) is 1. The number of oxime groups is 1. The fraction of sp³-hybridized carbons (Fsp3) is 0.455. The Balaban J connectivity index is 2.57. The summed E-state index contributed by atoms with van der Waals surface area (Å²) in [5, 5.41) is 11.5. The van der Waals surface area contributed by atoms with Crippen molar-refractivity contribution in [3.63, 3.8) is 0 Å². The van der Waals surface area contributed by atoms with Gasteiger partial charge in [-0.25, -0.2) is 0 Å². The molecule has 0 aromatic carbocycles. The third kappa shape index (κ3) is 4.27. The van der Waals surface area contributed by atoms with Crippen LogP contribution < -0.4 is 5.73 Å². The number of rotatable bonds is 6. The van der Waals surface area contributed by atoms with Crippen molar-refractivity contribution in [1.82, 2.24) is 9.88 Å². The molecule has 0 saturated heterocycles. The minimum Gasteiger partial charge on any atom is -0.409 e. The van der Waals surface area contributed by atoms with Crippen LogP contribution in [0.2, 0.25) is 0 Å². The van der Waals surface area contributed by atoms with Crippen LogP contribution in [0.5, 0.6) is 0 Å². The molecule has 0 saturated carbocycles. The van der Waals surface area contributed by atoms with E-state index >= 15 is 0 Å². The van der Waals surface area contributed by atoms with Crippen LogP contribution in [0.4, 0.5) is 0 Å². The first kappa shape index (κ1) is 12.4. The highest BCUT2D eigenvalue weighted by Gasteiger charge is 2.07. The topological polar surface area (TPSA) is 74.7 Å². The summed E-state index contributed by atoms with van der Waals surface area (Å²) in [4.78, 5) is 6.18. The van der Waals surface area contributed by atoms with Crippen molar-refractivity contribution < 1.29 is 5.21 Å². The van der Waals surface area contributed by atoms with Crippen molar-refractivity contribution in [2.75, 3.05) is 13.1 Å². The quantitative estimate of drug-likeness (QED) is 0.326. The summed E-state index contributed by atoms with van der Waals surface area (Å²) in [6.07, 6.45) is 4.60. The van der Waals surface area contributed by atoms with Crippen LogP contribution in [-0.2, 0) is 6.54 Å². The third-order valence-corrected chi connectivity index (χ3v) is 2.18. The van der Waals surface area contributed by atoms with E-state index in [4.69, 9.17) is 10.9 Å². The molecule has 16 heavy (non-hydrogen) atoms. The van der Waals surface area contributed by atoms with Crippen LogP contribution in [0.3, 0.4) is 0 Å². The van der Waals surface area contributed by atoms with Crippen LogP contribution in [-0.4, -0.2) is 34.0 Å². The smallest absolute Gasteiger partial charge is 0.153 e. The molecular formula is C11H18N4O. The maximum atomic E-state index is 8.54. The van der Waals surface area contributed by atoms with E-state index in [9.17, 15) is 0 Å². The van der Waals surface area contributed by atoms with Crippen molar-refractivity contribution in [1.29, 1.82) is 0 Å². The van der Waals surface area contributed by atoms with Crippen molar-refractivity contribution in [2.24, 2.45) is 10.9 Å². The van der Waals surface area contributed by atoms with Gasteiger partial charge in [-0.2, -0.15) is 0 Å². The summed E-state index contributed by atoms with van der Waals surface area (Å²) in [5.41, 5.74) is 6.63. The lowest BCUT2D eigenvalue weighted by Gasteiger charge is -2.20.